The van der Waals surface area contributed by atoms with Crippen molar-refractivity contribution in [3.8, 4) is 0 Å². The van der Waals surface area contributed by atoms with Gasteiger partial charge in [-0.3, -0.25) is 14.5 Å². The van der Waals surface area contributed by atoms with E-state index >= 15 is 0 Å². The molecular formula is C22H26BrN3O2. The molecule has 5 nitrogen and oxygen atoms in total. The number of halogens is 1. The van der Waals surface area contributed by atoms with Crippen LogP contribution in [0.25, 0.3) is 0 Å². The van der Waals surface area contributed by atoms with Gasteiger partial charge in [-0.15, -0.1) is 0 Å². The van der Waals surface area contributed by atoms with Gasteiger partial charge in [-0.1, -0.05) is 30.3 Å². The first-order valence-electron chi connectivity index (χ1n) is 9.58. The Kier molecular flexibility index (Phi) is 6.86. The lowest BCUT2D eigenvalue weighted by atomic mass is 10.1. The predicted octanol–water partition coefficient (Wildman–Crippen LogP) is 4.50. The largest absolute Gasteiger partial charge is 0.325 e. The van der Waals surface area contributed by atoms with Crippen molar-refractivity contribution in [2.45, 2.75) is 39.2 Å². The van der Waals surface area contributed by atoms with Gasteiger partial charge in [0.1, 0.15) is 0 Å². The fourth-order valence-corrected chi connectivity index (χ4v) is 3.61. The first-order valence-corrected chi connectivity index (χ1v) is 10.4. The lowest BCUT2D eigenvalue weighted by Gasteiger charge is -2.22. The van der Waals surface area contributed by atoms with Crippen LogP contribution in [0.1, 0.15) is 30.4 Å². The monoisotopic (exact) mass is 443 g/mol. The van der Waals surface area contributed by atoms with Crippen molar-refractivity contribution in [3.05, 3.63) is 58.1 Å². The first kappa shape index (κ1) is 20.6. The Morgan fingerprint density at radius 1 is 1.00 bits per heavy atom. The fourth-order valence-electron chi connectivity index (χ4n) is 3.23. The Balaban J connectivity index is 1.53. The summed E-state index contributed by atoms with van der Waals surface area (Å²) in [5.41, 5.74) is 3.76. The second kappa shape index (κ2) is 9.34. The zero-order valence-corrected chi connectivity index (χ0v) is 17.9. The van der Waals surface area contributed by atoms with Crippen molar-refractivity contribution in [1.29, 1.82) is 0 Å². The summed E-state index contributed by atoms with van der Waals surface area (Å²) in [6, 6.07) is 13.9. The Hall–Kier alpha value is -2.18. The molecular weight excluding hydrogens is 418 g/mol. The van der Waals surface area contributed by atoms with Crippen molar-refractivity contribution >= 4 is 39.1 Å². The standard InChI is InChI=1S/C22H26BrN3O2/c1-15-6-5-7-16(2)22(15)25-21(28)14-26(17-10-11-17)13-12-20(27)24-19-9-4-3-8-18(19)23/h3-9,17H,10-14H2,1-2H3,(H,24,27)(H,25,28). The van der Waals surface area contributed by atoms with Crippen molar-refractivity contribution in [3.63, 3.8) is 0 Å². The van der Waals surface area contributed by atoms with Gasteiger partial charge in [0, 0.05) is 29.2 Å². The zero-order valence-electron chi connectivity index (χ0n) is 16.3. The van der Waals surface area contributed by atoms with Crippen LogP contribution in [0.3, 0.4) is 0 Å². The van der Waals surface area contributed by atoms with Crippen molar-refractivity contribution < 1.29 is 9.59 Å². The van der Waals surface area contributed by atoms with E-state index in [0.29, 0.717) is 25.6 Å². The Bertz CT molecular complexity index is 844. The maximum absolute atomic E-state index is 12.6. The molecule has 0 heterocycles. The molecule has 0 aliphatic heterocycles. The second-order valence-corrected chi connectivity index (χ2v) is 8.15. The summed E-state index contributed by atoms with van der Waals surface area (Å²) in [4.78, 5) is 27.0. The van der Waals surface area contributed by atoms with Crippen LogP contribution in [0.15, 0.2) is 46.9 Å². The minimum absolute atomic E-state index is 0.0319. The Morgan fingerprint density at radius 3 is 2.32 bits per heavy atom. The average Bonchev–Trinajstić information content (AvgIpc) is 3.49. The van der Waals surface area contributed by atoms with E-state index < -0.39 is 0 Å². The molecule has 28 heavy (non-hydrogen) atoms. The lowest BCUT2D eigenvalue weighted by Crippen LogP contribution is -2.37. The molecule has 0 aromatic heterocycles. The Morgan fingerprint density at radius 2 is 1.68 bits per heavy atom. The van der Waals surface area contributed by atoms with Gasteiger partial charge in [0.05, 0.1) is 12.2 Å². The van der Waals surface area contributed by atoms with Crippen LogP contribution >= 0.6 is 15.9 Å². The number of hydrogen-bond donors (Lipinski definition) is 2. The summed E-state index contributed by atoms with van der Waals surface area (Å²) in [5.74, 6) is -0.0804. The van der Waals surface area contributed by atoms with Crippen molar-refractivity contribution in [2.75, 3.05) is 23.7 Å². The van der Waals surface area contributed by atoms with E-state index in [-0.39, 0.29) is 11.8 Å². The average molecular weight is 444 g/mol. The second-order valence-electron chi connectivity index (χ2n) is 7.29. The summed E-state index contributed by atoms with van der Waals surface area (Å²) < 4.78 is 0.857. The maximum Gasteiger partial charge on any atom is 0.238 e. The zero-order chi connectivity index (χ0) is 20.1. The van der Waals surface area contributed by atoms with Crippen LogP contribution in [-0.4, -0.2) is 35.8 Å². The van der Waals surface area contributed by atoms with Gasteiger partial charge in [0.25, 0.3) is 0 Å². The van der Waals surface area contributed by atoms with Crippen LogP contribution in [0.2, 0.25) is 0 Å². The third-order valence-electron chi connectivity index (χ3n) is 4.93. The highest BCUT2D eigenvalue weighted by Crippen LogP contribution is 2.27. The maximum atomic E-state index is 12.6. The number of rotatable bonds is 8. The van der Waals surface area contributed by atoms with E-state index in [2.05, 4.69) is 31.5 Å². The molecule has 3 rings (SSSR count). The van der Waals surface area contributed by atoms with Crippen LogP contribution in [0.4, 0.5) is 11.4 Å². The van der Waals surface area contributed by atoms with E-state index in [0.717, 1.165) is 39.8 Å². The van der Waals surface area contributed by atoms with Crippen LogP contribution < -0.4 is 10.6 Å². The minimum atomic E-state index is -0.0484. The highest BCUT2D eigenvalue weighted by atomic mass is 79.9. The van der Waals surface area contributed by atoms with E-state index in [1.54, 1.807) is 0 Å². The molecule has 148 valence electrons. The molecule has 2 aromatic rings. The highest BCUT2D eigenvalue weighted by Gasteiger charge is 2.30. The van der Waals surface area contributed by atoms with Crippen molar-refractivity contribution in [1.82, 2.24) is 4.90 Å². The number of amides is 2. The smallest absolute Gasteiger partial charge is 0.238 e. The highest BCUT2D eigenvalue weighted by molar-refractivity contribution is 9.10. The molecule has 0 radical (unpaired) electrons. The van der Waals surface area contributed by atoms with Crippen LogP contribution in [-0.2, 0) is 9.59 Å². The summed E-state index contributed by atoms with van der Waals surface area (Å²) in [5, 5.41) is 5.96. The molecule has 1 fully saturated rings. The fraction of sp³-hybridized carbons (Fsp3) is 0.364. The van der Waals surface area contributed by atoms with Gasteiger partial charge in [-0.2, -0.15) is 0 Å². The number of carbonyl (C=O) groups excluding carboxylic acids is 2. The van der Waals surface area contributed by atoms with Gasteiger partial charge < -0.3 is 10.6 Å². The van der Waals surface area contributed by atoms with Gasteiger partial charge in [-0.25, -0.2) is 0 Å². The number of benzene rings is 2. The van der Waals surface area contributed by atoms with E-state index in [4.69, 9.17) is 0 Å². The van der Waals surface area contributed by atoms with Gasteiger partial charge >= 0.3 is 0 Å². The molecule has 0 atom stereocenters. The van der Waals surface area contributed by atoms with Gasteiger partial charge in [-0.05, 0) is 65.9 Å². The number of para-hydroxylation sites is 2. The molecule has 0 bridgehead atoms. The molecule has 2 amide bonds. The SMILES string of the molecule is Cc1cccc(C)c1NC(=O)CN(CCC(=O)Nc1ccccc1Br)C1CC1. The molecule has 1 aliphatic carbocycles. The number of carbonyl (C=O) groups is 2. The lowest BCUT2D eigenvalue weighted by molar-refractivity contribution is -0.119. The first-order chi connectivity index (χ1) is 13.4. The minimum Gasteiger partial charge on any atom is -0.325 e. The van der Waals surface area contributed by atoms with Crippen molar-refractivity contribution in [2.24, 2.45) is 0 Å². The number of anilines is 2. The van der Waals surface area contributed by atoms with E-state index in [1.807, 2.05) is 56.3 Å². The van der Waals surface area contributed by atoms with Gasteiger partial charge in [0.15, 0.2) is 0 Å². The third-order valence-corrected chi connectivity index (χ3v) is 5.62. The summed E-state index contributed by atoms with van der Waals surface area (Å²) in [6.07, 6.45) is 2.53. The van der Waals surface area contributed by atoms with E-state index in [1.165, 1.54) is 0 Å². The summed E-state index contributed by atoms with van der Waals surface area (Å²) in [7, 11) is 0. The number of nitrogens with one attached hydrogen (secondary N) is 2. The topological polar surface area (TPSA) is 61.4 Å². The predicted molar refractivity (Wildman–Crippen MR) is 117 cm³/mol. The molecule has 1 saturated carbocycles. The molecule has 0 unspecified atom stereocenters. The molecule has 0 saturated heterocycles. The summed E-state index contributed by atoms with van der Waals surface area (Å²) in [6.45, 7) is 4.86. The van der Waals surface area contributed by atoms with Gasteiger partial charge in [0.2, 0.25) is 11.8 Å². The molecule has 1 aliphatic rings. The van der Waals surface area contributed by atoms with Crippen LogP contribution in [0, 0.1) is 13.8 Å². The quantitative estimate of drug-likeness (QED) is 0.631. The molecule has 2 aromatic carbocycles. The molecule has 2 N–H and O–H groups in total. The normalized spacial score (nSPS) is 13.4. The van der Waals surface area contributed by atoms with Crippen LogP contribution in [0.5, 0.6) is 0 Å². The molecule has 6 heteroatoms. The number of nitrogens with zero attached hydrogens (tertiary/aromatic N) is 1. The summed E-state index contributed by atoms with van der Waals surface area (Å²) >= 11 is 3.44. The van der Waals surface area contributed by atoms with E-state index in [9.17, 15) is 9.59 Å². The third kappa shape index (κ3) is 5.66. The number of hydrogen-bond acceptors (Lipinski definition) is 3. The Labute approximate surface area is 174 Å². The number of aryl methyl sites for hydroxylation is 2. The molecule has 0 spiro atoms.